The standard InChI is InChI=1S/CH4Cl2OSi/c2-1(3)4-5/h1H,5H3. The van der Waals surface area contributed by atoms with Crippen molar-refractivity contribution in [1.29, 1.82) is 0 Å². The molecule has 32 valence electrons. The Kier molecular flexibility index (Phi) is 3.42. The molecule has 0 bridgehead atoms. The molecule has 0 saturated heterocycles. The van der Waals surface area contributed by atoms with Gasteiger partial charge in [0.05, 0.1) is 0 Å². The molecule has 5 heavy (non-hydrogen) atoms. The Morgan fingerprint density at radius 1 is 1.60 bits per heavy atom. The Morgan fingerprint density at radius 3 is 1.80 bits per heavy atom. The number of hydrogen-bond acceptors (Lipinski definition) is 1. The zero-order chi connectivity index (χ0) is 4.28. The molecule has 0 N–H and O–H groups in total. The van der Waals surface area contributed by atoms with Crippen LogP contribution in [0.15, 0.2) is 0 Å². The first-order valence-electron chi connectivity index (χ1n) is 1.08. The van der Waals surface area contributed by atoms with E-state index in [0.29, 0.717) is 10.5 Å². The van der Waals surface area contributed by atoms with E-state index < -0.39 is 5.02 Å². The molecule has 0 atom stereocenters. The van der Waals surface area contributed by atoms with Crippen LogP contribution in [0.2, 0.25) is 0 Å². The van der Waals surface area contributed by atoms with Gasteiger partial charge < -0.3 is 4.43 Å². The van der Waals surface area contributed by atoms with Crippen molar-refractivity contribution in [2.24, 2.45) is 0 Å². The highest BCUT2D eigenvalue weighted by Gasteiger charge is 1.84. The molecule has 0 fully saturated rings. The molecule has 4 heteroatoms. The van der Waals surface area contributed by atoms with Gasteiger partial charge in [0.15, 0.2) is 5.02 Å². The fourth-order valence-corrected chi connectivity index (χ4v) is 0. The lowest BCUT2D eigenvalue weighted by Crippen LogP contribution is -1.87. The topological polar surface area (TPSA) is 9.23 Å². The van der Waals surface area contributed by atoms with Gasteiger partial charge in [-0.05, 0) is 0 Å². The monoisotopic (exact) mass is 130 g/mol. The molecule has 0 aliphatic heterocycles. The third-order valence-corrected chi connectivity index (χ3v) is 1.60. The van der Waals surface area contributed by atoms with Crippen LogP contribution in [0.25, 0.3) is 0 Å². The van der Waals surface area contributed by atoms with Crippen LogP contribution in [0.5, 0.6) is 0 Å². The van der Waals surface area contributed by atoms with Gasteiger partial charge in [0, 0.05) is 0 Å². The predicted octanol–water partition coefficient (Wildman–Crippen LogP) is 0.0446. The summed E-state index contributed by atoms with van der Waals surface area (Å²) in [5.41, 5.74) is 0. The highest BCUT2D eigenvalue weighted by molar-refractivity contribution is 6.44. The van der Waals surface area contributed by atoms with Crippen LogP contribution in [0.4, 0.5) is 0 Å². The SMILES string of the molecule is [SiH3]OC(Cl)Cl. The first-order chi connectivity index (χ1) is 2.27. The van der Waals surface area contributed by atoms with Gasteiger partial charge in [0.25, 0.3) is 0 Å². The van der Waals surface area contributed by atoms with E-state index in [1.54, 1.807) is 0 Å². The molecule has 0 aromatic heterocycles. The molecular formula is CH4Cl2OSi. The third kappa shape index (κ3) is 4.76. The van der Waals surface area contributed by atoms with Crippen molar-refractivity contribution in [1.82, 2.24) is 0 Å². The minimum atomic E-state index is -0.610. The second-order valence-electron chi connectivity index (χ2n) is 0.496. The summed E-state index contributed by atoms with van der Waals surface area (Å²) in [6.45, 7) is 0. The van der Waals surface area contributed by atoms with Crippen LogP contribution < -0.4 is 0 Å². The van der Waals surface area contributed by atoms with Crippen molar-refractivity contribution in [3.63, 3.8) is 0 Å². The molecule has 0 amide bonds. The number of rotatable bonds is 1. The smallest absolute Gasteiger partial charge is 0.196 e. The molecule has 0 unspecified atom stereocenters. The number of alkyl halides is 2. The maximum Gasteiger partial charge on any atom is 0.196 e. The molecule has 0 aromatic rings. The molecule has 0 heterocycles. The van der Waals surface area contributed by atoms with Crippen molar-refractivity contribution >= 4 is 33.7 Å². The maximum absolute atomic E-state index is 5.04. The van der Waals surface area contributed by atoms with Crippen LogP contribution >= 0.6 is 23.2 Å². The van der Waals surface area contributed by atoms with Crippen molar-refractivity contribution in [2.75, 3.05) is 0 Å². The van der Waals surface area contributed by atoms with Gasteiger partial charge in [-0.3, -0.25) is 0 Å². The second-order valence-corrected chi connectivity index (χ2v) is 1.98. The van der Waals surface area contributed by atoms with Crippen LogP contribution in [-0.4, -0.2) is 15.5 Å². The van der Waals surface area contributed by atoms with Crippen molar-refractivity contribution in [2.45, 2.75) is 5.02 Å². The second kappa shape index (κ2) is 2.97. The average Bonchev–Trinajstić information content (AvgIpc) is 1.38. The maximum atomic E-state index is 5.04. The summed E-state index contributed by atoms with van der Waals surface area (Å²) in [5.74, 6) is 0. The minimum absolute atomic E-state index is 0.610. The molecule has 0 spiro atoms. The lowest BCUT2D eigenvalue weighted by atomic mass is 11.7. The quantitative estimate of drug-likeness (QED) is 0.360. The van der Waals surface area contributed by atoms with E-state index in [2.05, 4.69) is 4.43 Å². The van der Waals surface area contributed by atoms with Crippen LogP contribution in [0, 0.1) is 0 Å². The number of halogens is 2. The Hall–Kier alpha value is 0.757. The zero-order valence-electron chi connectivity index (χ0n) is 2.74. The van der Waals surface area contributed by atoms with Gasteiger partial charge in [-0.25, -0.2) is 0 Å². The summed E-state index contributed by atoms with van der Waals surface area (Å²) < 4.78 is 4.42. The van der Waals surface area contributed by atoms with Crippen LogP contribution in [0.1, 0.15) is 0 Å². The molecule has 0 saturated carbocycles. The predicted molar refractivity (Wildman–Crippen MR) is 26.5 cm³/mol. The number of hydrogen-bond donors (Lipinski definition) is 0. The van der Waals surface area contributed by atoms with Crippen LogP contribution in [-0.2, 0) is 4.43 Å². The van der Waals surface area contributed by atoms with Crippen molar-refractivity contribution in [3.8, 4) is 0 Å². The molecule has 1 nitrogen and oxygen atoms in total. The van der Waals surface area contributed by atoms with E-state index in [1.165, 1.54) is 0 Å². The molecule has 0 radical (unpaired) electrons. The Morgan fingerprint density at radius 2 is 1.80 bits per heavy atom. The molecule has 0 rings (SSSR count). The zero-order valence-corrected chi connectivity index (χ0v) is 6.25. The summed E-state index contributed by atoms with van der Waals surface area (Å²) in [7, 11) is 0.610. The highest BCUT2D eigenvalue weighted by atomic mass is 35.5. The lowest BCUT2D eigenvalue weighted by Gasteiger charge is -1.90. The fraction of sp³-hybridized carbons (Fsp3) is 1.00. The molecule has 0 aliphatic carbocycles. The van der Waals surface area contributed by atoms with Crippen molar-refractivity contribution < 1.29 is 4.43 Å². The van der Waals surface area contributed by atoms with Gasteiger partial charge in [-0.1, -0.05) is 23.2 Å². The summed E-state index contributed by atoms with van der Waals surface area (Å²) in [5, 5.41) is -0.610. The van der Waals surface area contributed by atoms with E-state index in [4.69, 9.17) is 23.2 Å². The summed E-state index contributed by atoms with van der Waals surface area (Å²) in [6, 6.07) is 0. The normalized spacial score (nSPS) is 10.2. The summed E-state index contributed by atoms with van der Waals surface area (Å²) in [4.78, 5) is 0. The van der Waals surface area contributed by atoms with Crippen LogP contribution in [0.3, 0.4) is 0 Å². The summed E-state index contributed by atoms with van der Waals surface area (Å²) >= 11 is 10.1. The van der Waals surface area contributed by atoms with Crippen molar-refractivity contribution in [3.05, 3.63) is 0 Å². The van der Waals surface area contributed by atoms with Gasteiger partial charge in [0.2, 0.25) is 0 Å². The Labute approximate surface area is 43.8 Å². The average molecular weight is 131 g/mol. The van der Waals surface area contributed by atoms with Gasteiger partial charge in [0.1, 0.15) is 10.5 Å². The van der Waals surface area contributed by atoms with E-state index in [0.717, 1.165) is 0 Å². The molecule has 0 aromatic carbocycles. The summed E-state index contributed by atoms with van der Waals surface area (Å²) in [6.07, 6.45) is 0. The largest absolute Gasteiger partial charge is 0.401 e. The first kappa shape index (κ1) is 5.76. The fourth-order valence-electron chi connectivity index (χ4n) is 0. The van der Waals surface area contributed by atoms with Gasteiger partial charge >= 0.3 is 0 Å². The molecule has 0 aliphatic rings. The highest BCUT2D eigenvalue weighted by Crippen LogP contribution is 1.97. The van der Waals surface area contributed by atoms with Gasteiger partial charge in [-0.2, -0.15) is 0 Å². The first-order valence-corrected chi connectivity index (χ1v) is 2.77. The molecular weight excluding hydrogens is 127 g/mol. The Balaban J connectivity index is 2.54. The van der Waals surface area contributed by atoms with Gasteiger partial charge in [-0.15, -0.1) is 0 Å². The van der Waals surface area contributed by atoms with E-state index >= 15 is 0 Å². The van der Waals surface area contributed by atoms with E-state index in [1.807, 2.05) is 0 Å². The van der Waals surface area contributed by atoms with E-state index in [-0.39, 0.29) is 0 Å². The van der Waals surface area contributed by atoms with E-state index in [9.17, 15) is 0 Å². The minimum Gasteiger partial charge on any atom is -0.401 e. The Bertz CT molecular complexity index is 23.6. The lowest BCUT2D eigenvalue weighted by molar-refractivity contribution is 0.392. The third-order valence-electron chi connectivity index (χ3n) is 0.178.